The molecular formula is C20H22ClN3O2S. The molecule has 7 heteroatoms. The zero-order valence-electron chi connectivity index (χ0n) is 15.1. The molecule has 2 unspecified atom stereocenters. The van der Waals surface area contributed by atoms with Gasteiger partial charge >= 0.3 is 0 Å². The Morgan fingerprint density at radius 3 is 2.74 bits per heavy atom. The van der Waals surface area contributed by atoms with Crippen LogP contribution >= 0.6 is 23.4 Å². The molecule has 2 atom stereocenters. The van der Waals surface area contributed by atoms with E-state index in [4.69, 9.17) is 11.6 Å². The Balaban J connectivity index is 1.68. The highest BCUT2D eigenvalue weighted by Gasteiger charge is 2.41. The first-order valence-corrected chi connectivity index (χ1v) is 10.4. The molecule has 0 saturated carbocycles. The third-order valence-corrected chi connectivity index (χ3v) is 6.27. The van der Waals surface area contributed by atoms with Crippen LogP contribution in [0.4, 0.5) is 0 Å². The Bertz CT molecular complexity index is 803. The van der Waals surface area contributed by atoms with Crippen molar-refractivity contribution in [1.29, 1.82) is 0 Å². The molecule has 1 aliphatic heterocycles. The van der Waals surface area contributed by atoms with Crippen molar-refractivity contribution >= 4 is 35.2 Å². The predicted octanol–water partition coefficient (Wildman–Crippen LogP) is 3.39. The van der Waals surface area contributed by atoms with Crippen molar-refractivity contribution in [3.05, 3.63) is 64.9 Å². The van der Waals surface area contributed by atoms with E-state index in [-0.39, 0.29) is 17.2 Å². The van der Waals surface area contributed by atoms with Gasteiger partial charge in [0.2, 0.25) is 5.91 Å². The summed E-state index contributed by atoms with van der Waals surface area (Å²) in [5.74, 6) is 0.265. The van der Waals surface area contributed by atoms with E-state index in [9.17, 15) is 9.59 Å². The standard InChI is InChI=1S/C20H22ClN3O2S/c1-2-18-24(20(26)15-8-3-4-9-16(15)21)17(13-27-18)19(25)23-12-10-14-7-5-6-11-22-14/h3-9,11,17-18H,2,10,12-13H2,1H3,(H,23,25). The fourth-order valence-electron chi connectivity index (χ4n) is 3.10. The third-order valence-electron chi connectivity index (χ3n) is 4.49. The monoisotopic (exact) mass is 403 g/mol. The summed E-state index contributed by atoms with van der Waals surface area (Å²) in [6.07, 6.45) is 3.17. The van der Waals surface area contributed by atoms with E-state index in [0.717, 1.165) is 12.1 Å². The minimum absolute atomic E-state index is 0.0275. The molecule has 1 saturated heterocycles. The van der Waals surface area contributed by atoms with E-state index in [1.807, 2.05) is 25.1 Å². The van der Waals surface area contributed by atoms with Crippen LogP contribution in [0.1, 0.15) is 29.4 Å². The molecule has 2 heterocycles. The van der Waals surface area contributed by atoms with Gasteiger partial charge in [0, 0.05) is 30.6 Å². The molecule has 0 radical (unpaired) electrons. The summed E-state index contributed by atoms with van der Waals surface area (Å²) in [7, 11) is 0. The van der Waals surface area contributed by atoms with Crippen LogP contribution in [-0.2, 0) is 11.2 Å². The van der Waals surface area contributed by atoms with Crippen molar-refractivity contribution in [2.75, 3.05) is 12.3 Å². The number of rotatable bonds is 6. The number of thioether (sulfide) groups is 1. The zero-order chi connectivity index (χ0) is 19.2. The summed E-state index contributed by atoms with van der Waals surface area (Å²) in [6, 6.07) is 12.2. The maximum absolute atomic E-state index is 13.1. The van der Waals surface area contributed by atoms with Crippen molar-refractivity contribution in [2.24, 2.45) is 0 Å². The van der Waals surface area contributed by atoms with Crippen LogP contribution < -0.4 is 5.32 Å². The second-order valence-corrected chi connectivity index (χ2v) is 7.88. The average Bonchev–Trinajstić information content (AvgIpc) is 3.13. The van der Waals surface area contributed by atoms with Gasteiger partial charge in [-0.05, 0) is 30.7 Å². The Labute approximate surface area is 168 Å². The number of carbonyl (C=O) groups is 2. The van der Waals surface area contributed by atoms with Gasteiger partial charge in [-0.25, -0.2) is 0 Å². The molecule has 0 aliphatic carbocycles. The summed E-state index contributed by atoms with van der Waals surface area (Å²) in [6.45, 7) is 2.51. The first-order chi connectivity index (χ1) is 13.1. The fourth-order valence-corrected chi connectivity index (χ4v) is 4.68. The minimum atomic E-state index is -0.493. The van der Waals surface area contributed by atoms with E-state index in [1.165, 1.54) is 0 Å². The van der Waals surface area contributed by atoms with Gasteiger partial charge in [-0.2, -0.15) is 0 Å². The number of benzene rings is 1. The number of hydrogen-bond donors (Lipinski definition) is 1. The second kappa shape index (κ2) is 9.24. The number of amides is 2. The maximum Gasteiger partial charge on any atom is 0.256 e. The molecule has 3 rings (SSSR count). The first-order valence-electron chi connectivity index (χ1n) is 8.98. The lowest BCUT2D eigenvalue weighted by atomic mass is 10.1. The Morgan fingerprint density at radius 1 is 1.26 bits per heavy atom. The average molecular weight is 404 g/mol. The maximum atomic E-state index is 13.1. The van der Waals surface area contributed by atoms with Crippen LogP contribution in [0.3, 0.4) is 0 Å². The molecule has 1 fully saturated rings. The van der Waals surface area contributed by atoms with E-state index < -0.39 is 6.04 Å². The van der Waals surface area contributed by atoms with Gasteiger partial charge in [0.1, 0.15) is 6.04 Å². The van der Waals surface area contributed by atoms with E-state index >= 15 is 0 Å². The van der Waals surface area contributed by atoms with Crippen LogP contribution in [0.2, 0.25) is 5.02 Å². The lowest BCUT2D eigenvalue weighted by Gasteiger charge is -2.28. The minimum Gasteiger partial charge on any atom is -0.354 e. The summed E-state index contributed by atoms with van der Waals surface area (Å²) in [5, 5.41) is 3.33. The summed E-state index contributed by atoms with van der Waals surface area (Å²) in [4.78, 5) is 31.8. The Hall–Kier alpha value is -2.05. The number of halogens is 1. The van der Waals surface area contributed by atoms with Gasteiger partial charge in [-0.3, -0.25) is 14.6 Å². The lowest BCUT2D eigenvalue weighted by molar-refractivity contribution is -0.124. The molecule has 1 aromatic heterocycles. The normalized spacial score (nSPS) is 19.1. The molecule has 1 aromatic carbocycles. The van der Waals surface area contributed by atoms with Crippen LogP contribution in [0, 0.1) is 0 Å². The fraction of sp³-hybridized carbons (Fsp3) is 0.350. The molecule has 27 heavy (non-hydrogen) atoms. The summed E-state index contributed by atoms with van der Waals surface area (Å²) < 4.78 is 0. The van der Waals surface area contributed by atoms with Gasteiger partial charge in [-0.15, -0.1) is 11.8 Å². The van der Waals surface area contributed by atoms with Crippen molar-refractivity contribution in [3.63, 3.8) is 0 Å². The molecular weight excluding hydrogens is 382 g/mol. The highest BCUT2D eigenvalue weighted by atomic mass is 35.5. The zero-order valence-corrected chi connectivity index (χ0v) is 16.7. The molecule has 0 spiro atoms. The Kier molecular flexibility index (Phi) is 6.74. The number of nitrogens with one attached hydrogen (secondary N) is 1. The second-order valence-electron chi connectivity index (χ2n) is 6.27. The SMILES string of the molecule is CCC1SCC(C(=O)NCCc2ccccn2)N1C(=O)c1ccccc1Cl. The molecule has 1 aliphatic rings. The van der Waals surface area contributed by atoms with Gasteiger partial charge in [0.05, 0.1) is 16.0 Å². The molecule has 1 N–H and O–H groups in total. The summed E-state index contributed by atoms with van der Waals surface area (Å²) >= 11 is 7.84. The number of hydrogen-bond acceptors (Lipinski definition) is 4. The number of nitrogens with zero attached hydrogens (tertiary/aromatic N) is 2. The van der Waals surface area contributed by atoms with Gasteiger partial charge < -0.3 is 10.2 Å². The smallest absolute Gasteiger partial charge is 0.256 e. The third kappa shape index (κ3) is 4.62. The van der Waals surface area contributed by atoms with Gasteiger partial charge in [0.25, 0.3) is 5.91 Å². The number of pyridine rings is 1. The quantitative estimate of drug-likeness (QED) is 0.803. The van der Waals surface area contributed by atoms with Crippen LogP contribution in [0.25, 0.3) is 0 Å². The van der Waals surface area contributed by atoms with E-state index in [1.54, 1.807) is 47.1 Å². The Morgan fingerprint density at radius 2 is 2.04 bits per heavy atom. The van der Waals surface area contributed by atoms with Crippen molar-refractivity contribution in [3.8, 4) is 0 Å². The molecule has 0 bridgehead atoms. The van der Waals surface area contributed by atoms with E-state index in [0.29, 0.717) is 29.3 Å². The number of carbonyl (C=O) groups excluding carboxylic acids is 2. The summed E-state index contributed by atoms with van der Waals surface area (Å²) in [5.41, 5.74) is 1.36. The first kappa shape index (κ1) is 19.7. The molecule has 5 nitrogen and oxygen atoms in total. The largest absolute Gasteiger partial charge is 0.354 e. The number of aromatic nitrogens is 1. The van der Waals surface area contributed by atoms with Gasteiger partial charge in [0.15, 0.2) is 0 Å². The van der Waals surface area contributed by atoms with Crippen LogP contribution in [-0.4, -0.2) is 45.4 Å². The highest BCUT2D eigenvalue weighted by Crippen LogP contribution is 2.33. The van der Waals surface area contributed by atoms with Crippen molar-refractivity contribution in [1.82, 2.24) is 15.2 Å². The van der Waals surface area contributed by atoms with Crippen LogP contribution in [0.15, 0.2) is 48.7 Å². The lowest BCUT2D eigenvalue weighted by Crippen LogP contribution is -2.50. The molecule has 142 valence electrons. The van der Waals surface area contributed by atoms with Crippen molar-refractivity contribution in [2.45, 2.75) is 31.2 Å². The topological polar surface area (TPSA) is 62.3 Å². The van der Waals surface area contributed by atoms with Gasteiger partial charge in [-0.1, -0.05) is 36.7 Å². The van der Waals surface area contributed by atoms with Crippen molar-refractivity contribution < 1.29 is 9.59 Å². The molecule has 2 aromatic rings. The highest BCUT2D eigenvalue weighted by molar-refractivity contribution is 8.00. The van der Waals surface area contributed by atoms with E-state index in [2.05, 4.69) is 10.3 Å². The molecule has 2 amide bonds. The predicted molar refractivity (Wildman–Crippen MR) is 109 cm³/mol. The van der Waals surface area contributed by atoms with Crippen LogP contribution in [0.5, 0.6) is 0 Å².